The van der Waals surface area contributed by atoms with Crippen molar-refractivity contribution in [2.75, 3.05) is 33.4 Å². The van der Waals surface area contributed by atoms with Crippen molar-refractivity contribution in [1.82, 2.24) is 9.62 Å². The molecule has 33 heavy (non-hydrogen) atoms. The molecule has 0 atom stereocenters. The molecular weight excluding hydrogens is 438 g/mol. The number of carbonyl (C=O) groups is 1. The molecule has 0 aromatic heterocycles. The number of nitrogens with one attached hydrogen (secondary N) is 1. The first kappa shape index (κ1) is 24.9. The number of rotatable bonds is 13. The van der Waals surface area contributed by atoms with E-state index in [9.17, 15) is 13.2 Å². The maximum atomic E-state index is 12.7. The largest absolute Gasteiger partial charge is 0.383 e. The van der Waals surface area contributed by atoms with Gasteiger partial charge >= 0.3 is 0 Å². The Kier molecular flexibility index (Phi) is 9.45. The van der Waals surface area contributed by atoms with Gasteiger partial charge in [0.2, 0.25) is 5.91 Å². The average Bonchev–Trinajstić information content (AvgIpc) is 3.09. The second-order valence-corrected chi connectivity index (χ2v) is 9.76. The van der Waals surface area contributed by atoms with Crippen LogP contribution in [0.25, 0.3) is 0 Å². The molecule has 0 saturated heterocycles. The number of carbonyl (C=O) groups excluding carboxylic acids is 1. The summed E-state index contributed by atoms with van der Waals surface area (Å²) in [6.07, 6.45) is 4.82. The summed E-state index contributed by atoms with van der Waals surface area (Å²) >= 11 is 0. The van der Waals surface area contributed by atoms with Crippen LogP contribution >= 0.6 is 0 Å². The maximum absolute atomic E-state index is 12.7. The Hall–Kier alpha value is -2.71. The van der Waals surface area contributed by atoms with E-state index in [2.05, 4.69) is 21.8 Å². The summed E-state index contributed by atoms with van der Waals surface area (Å²) in [6, 6.07) is 17.2. The van der Waals surface area contributed by atoms with Crippen molar-refractivity contribution in [2.24, 2.45) is 4.99 Å². The summed E-state index contributed by atoms with van der Waals surface area (Å²) in [5.41, 5.74) is 1.91. The Morgan fingerprint density at radius 3 is 2.52 bits per heavy atom. The molecule has 2 aromatic rings. The summed E-state index contributed by atoms with van der Waals surface area (Å²) < 4.78 is 31.9. The molecule has 178 valence electrons. The molecule has 0 aliphatic carbocycles. The van der Waals surface area contributed by atoms with E-state index in [1.807, 2.05) is 23.1 Å². The average molecular weight is 472 g/mol. The first-order valence-corrected chi connectivity index (χ1v) is 13.0. The summed E-state index contributed by atoms with van der Waals surface area (Å²) in [4.78, 5) is 19.3. The highest BCUT2D eigenvalue weighted by molar-refractivity contribution is 7.90. The number of sulfonamides is 1. The third-order valence-electron chi connectivity index (χ3n) is 5.64. The quantitative estimate of drug-likeness (QED) is 0.454. The zero-order valence-electron chi connectivity index (χ0n) is 19.2. The predicted molar refractivity (Wildman–Crippen MR) is 130 cm³/mol. The Bertz CT molecular complexity index is 1040. The molecule has 0 fully saturated rings. The molecule has 8 heteroatoms. The van der Waals surface area contributed by atoms with Gasteiger partial charge in [0.25, 0.3) is 10.0 Å². The maximum Gasteiger partial charge on any atom is 0.263 e. The second-order valence-electron chi connectivity index (χ2n) is 8.11. The van der Waals surface area contributed by atoms with Crippen molar-refractivity contribution in [3.8, 4) is 0 Å². The van der Waals surface area contributed by atoms with E-state index in [1.54, 1.807) is 31.4 Å². The van der Waals surface area contributed by atoms with Gasteiger partial charge in [0.1, 0.15) is 5.84 Å². The van der Waals surface area contributed by atoms with Gasteiger partial charge in [-0.05, 0) is 43.4 Å². The molecule has 0 radical (unpaired) electrons. The van der Waals surface area contributed by atoms with Gasteiger partial charge in [-0.25, -0.2) is 8.42 Å². The van der Waals surface area contributed by atoms with Crippen LogP contribution in [0.15, 0.2) is 64.5 Å². The van der Waals surface area contributed by atoms with E-state index < -0.39 is 10.0 Å². The van der Waals surface area contributed by atoms with Crippen LogP contribution in [0.1, 0.15) is 43.2 Å². The Morgan fingerprint density at radius 2 is 1.73 bits per heavy atom. The lowest BCUT2D eigenvalue weighted by molar-refractivity contribution is -0.132. The number of amides is 1. The minimum absolute atomic E-state index is 0.156. The Morgan fingerprint density at radius 1 is 0.970 bits per heavy atom. The SMILES string of the molecule is COCCN(CCCc1ccccc1)C(=O)CCCCCN=C1NS(=O)(=O)c2ccccc21. The smallest absolute Gasteiger partial charge is 0.263 e. The lowest BCUT2D eigenvalue weighted by Crippen LogP contribution is -2.34. The van der Waals surface area contributed by atoms with E-state index in [1.165, 1.54) is 5.56 Å². The number of hydrogen-bond acceptors (Lipinski definition) is 5. The molecule has 0 saturated carbocycles. The number of amidine groups is 1. The van der Waals surface area contributed by atoms with Crippen LogP contribution < -0.4 is 4.72 Å². The number of fused-ring (bicyclic) bond motifs is 1. The molecule has 1 aliphatic rings. The van der Waals surface area contributed by atoms with E-state index in [0.717, 1.165) is 38.6 Å². The monoisotopic (exact) mass is 471 g/mol. The summed E-state index contributed by atoms with van der Waals surface area (Å²) in [6.45, 7) is 2.39. The fraction of sp³-hybridized carbons (Fsp3) is 0.440. The number of aliphatic imine (C=N–C) groups is 1. The molecule has 3 rings (SSSR count). The van der Waals surface area contributed by atoms with Gasteiger partial charge in [-0.15, -0.1) is 0 Å². The first-order valence-electron chi connectivity index (χ1n) is 11.5. The van der Waals surface area contributed by atoms with Crippen molar-refractivity contribution in [3.05, 3.63) is 65.7 Å². The molecular formula is C25H33N3O4S. The van der Waals surface area contributed by atoms with Crippen LogP contribution in [0.2, 0.25) is 0 Å². The van der Waals surface area contributed by atoms with E-state index in [0.29, 0.717) is 37.5 Å². The van der Waals surface area contributed by atoms with Crippen LogP contribution in [0, 0.1) is 0 Å². The summed E-state index contributed by atoms with van der Waals surface area (Å²) in [5, 5.41) is 0. The molecule has 1 aliphatic heterocycles. The molecule has 0 bridgehead atoms. The van der Waals surface area contributed by atoms with Gasteiger partial charge in [-0.1, -0.05) is 48.9 Å². The predicted octanol–water partition coefficient (Wildman–Crippen LogP) is 3.39. The molecule has 0 unspecified atom stereocenters. The van der Waals surface area contributed by atoms with Crippen LogP contribution in [0.3, 0.4) is 0 Å². The minimum atomic E-state index is -3.50. The highest BCUT2D eigenvalue weighted by Gasteiger charge is 2.29. The van der Waals surface area contributed by atoms with Crippen LogP contribution in [-0.2, 0) is 26.0 Å². The van der Waals surface area contributed by atoms with Gasteiger partial charge < -0.3 is 9.64 Å². The van der Waals surface area contributed by atoms with Gasteiger partial charge in [-0.2, -0.15) is 0 Å². The molecule has 0 spiro atoms. The molecule has 1 N–H and O–H groups in total. The number of methoxy groups -OCH3 is 1. The minimum Gasteiger partial charge on any atom is -0.383 e. The zero-order chi connectivity index (χ0) is 23.5. The standard InChI is InChI=1S/C25H33N3O4S/c1-32-20-19-28(18-10-13-21-11-4-2-5-12-21)24(29)16-6-3-9-17-26-25-22-14-7-8-15-23(22)33(30,31)27-25/h2,4-5,7-8,11-12,14-15H,3,6,9-10,13,16-20H2,1H3,(H,26,27). The van der Waals surface area contributed by atoms with Crippen LogP contribution in [0.5, 0.6) is 0 Å². The van der Waals surface area contributed by atoms with Gasteiger partial charge in [0.15, 0.2) is 0 Å². The lowest BCUT2D eigenvalue weighted by Gasteiger charge is -2.22. The van der Waals surface area contributed by atoms with Crippen molar-refractivity contribution < 1.29 is 17.9 Å². The Labute approximate surface area is 196 Å². The van der Waals surface area contributed by atoms with E-state index in [4.69, 9.17) is 4.74 Å². The summed E-state index contributed by atoms with van der Waals surface area (Å²) in [5.74, 6) is 0.565. The van der Waals surface area contributed by atoms with Gasteiger partial charge in [0.05, 0.1) is 11.5 Å². The first-order chi connectivity index (χ1) is 16.0. The van der Waals surface area contributed by atoms with E-state index >= 15 is 0 Å². The molecule has 7 nitrogen and oxygen atoms in total. The van der Waals surface area contributed by atoms with Crippen molar-refractivity contribution in [1.29, 1.82) is 0 Å². The third kappa shape index (κ3) is 7.40. The highest BCUT2D eigenvalue weighted by Crippen LogP contribution is 2.22. The van der Waals surface area contributed by atoms with Gasteiger partial charge in [0, 0.05) is 38.7 Å². The second kappa shape index (κ2) is 12.5. The fourth-order valence-electron chi connectivity index (χ4n) is 3.85. The number of aryl methyl sites for hydroxylation is 1. The van der Waals surface area contributed by atoms with Gasteiger partial charge in [-0.3, -0.25) is 14.5 Å². The van der Waals surface area contributed by atoms with Crippen molar-refractivity contribution in [3.63, 3.8) is 0 Å². The topological polar surface area (TPSA) is 88.1 Å². The molecule has 1 amide bonds. The fourth-order valence-corrected chi connectivity index (χ4v) is 5.10. The number of benzene rings is 2. The normalized spacial score (nSPS) is 15.2. The number of ether oxygens (including phenoxy) is 1. The molecule has 1 heterocycles. The highest BCUT2D eigenvalue weighted by atomic mass is 32.2. The molecule has 2 aromatic carbocycles. The van der Waals surface area contributed by atoms with Crippen molar-refractivity contribution in [2.45, 2.75) is 43.4 Å². The number of hydrogen-bond donors (Lipinski definition) is 1. The van der Waals surface area contributed by atoms with Crippen molar-refractivity contribution >= 4 is 21.8 Å². The van der Waals surface area contributed by atoms with Crippen LogP contribution in [0.4, 0.5) is 0 Å². The Balaban J connectivity index is 1.39. The summed E-state index contributed by atoms with van der Waals surface area (Å²) in [7, 11) is -1.85. The number of nitrogens with zero attached hydrogens (tertiary/aromatic N) is 2. The number of unbranched alkanes of at least 4 members (excludes halogenated alkanes) is 2. The zero-order valence-corrected chi connectivity index (χ0v) is 20.0. The van der Waals surface area contributed by atoms with Crippen LogP contribution in [-0.4, -0.2) is 58.4 Å². The lowest BCUT2D eigenvalue weighted by atomic mass is 10.1. The third-order valence-corrected chi connectivity index (χ3v) is 7.03. The van der Waals surface area contributed by atoms with E-state index in [-0.39, 0.29) is 10.8 Å².